The number of ether oxygens (including phenoxy) is 2. The fraction of sp³-hybridized carbons (Fsp3) is 0.455. The monoisotopic (exact) mass is 814 g/mol. The van der Waals surface area contributed by atoms with Crippen molar-refractivity contribution >= 4 is 30.3 Å². The molecule has 1 aliphatic rings. The van der Waals surface area contributed by atoms with Crippen LogP contribution in [0.3, 0.4) is 0 Å². The van der Waals surface area contributed by atoms with Crippen LogP contribution in [0.4, 0.5) is 4.79 Å². The maximum absolute atomic E-state index is 13.7. The Morgan fingerprint density at radius 1 is 0.877 bits per heavy atom. The van der Waals surface area contributed by atoms with Crippen LogP contribution in [0, 0.1) is 0 Å². The summed E-state index contributed by atoms with van der Waals surface area (Å²) in [4.78, 5) is 37.0. The predicted octanol–water partition coefficient (Wildman–Crippen LogP) is 9.52. The highest BCUT2D eigenvalue weighted by atomic mass is 32.2. The molecule has 1 fully saturated rings. The Kier molecular flexibility index (Phi) is 14.0. The Morgan fingerprint density at radius 3 is 2.12 bits per heavy atom. The third-order valence-electron chi connectivity index (χ3n) is 10.5. The van der Waals surface area contributed by atoms with Crippen LogP contribution in [0.2, 0.25) is 18.1 Å². The van der Waals surface area contributed by atoms with E-state index in [9.17, 15) is 18.0 Å². The normalized spacial score (nSPS) is 14.7. The molecular formula is C44H58N4O7SSi. The van der Waals surface area contributed by atoms with Crippen LogP contribution in [-0.4, -0.2) is 68.4 Å². The minimum absolute atomic E-state index is 0.0393. The number of carbonyl (C=O) groups excluding carboxylic acids is 2. The maximum atomic E-state index is 13.7. The van der Waals surface area contributed by atoms with Crippen LogP contribution in [0.25, 0.3) is 11.1 Å². The molecule has 11 nitrogen and oxygen atoms in total. The second-order valence-electron chi connectivity index (χ2n) is 17.2. The molecule has 1 saturated carbocycles. The molecule has 2 amide bonds. The Labute approximate surface area is 339 Å². The Hall–Kier alpha value is -4.59. The molecule has 2 aromatic heterocycles. The smallest absolute Gasteiger partial charge is 0.410 e. The molecule has 0 radical (unpaired) electrons. The number of sulfonamides is 1. The second kappa shape index (κ2) is 18.3. The molecule has 2 heterocycles. The number of nitrogens with zero attached hydrogens (tertiary/aromatic N) is 3. The zero-order valence-electron chi connectivity index (χ0n) is 34.6. The number of pyridine rings is 2. The van der Waals surface area contributed by atoms with E-state index in [0.717, 1.165) is 54.4 Å². The zero-order valence-corrected chi connectivity index (χ0v) is 36.4. The predicted molar refractivity (Wildman–Crippen MR) is 225 cm³/mol. The van der Waals surface area contributed by atoms with Gasteiger partial charge in [0.25, 0.3) is 15.9 Å². The van der Waals surface area contributed by atoms with Gasteiger partial charge in [0.15, 0.2) is 8.32 Å². The number of benzene rings is 2. The molecule has 1 aliphatic carbocycles. The first-order valence-electron chi connectivity index (χ1n) is 19.7. The molecule has 1 N–H and O–H groups in total. The highest BCUT2D eigenvalue weighted by Gasteiger charge is 2.40. The van der Waals surface area contributed by atoms with Gasteiger partial charge in [0.1, 0.15) is 16.2 Å². The first-order chi connectivity index (χ1) is 26.8. The fourth-order valence-electron chi connectivity index (χ4n) is 6.31. The van der Waals surface area contributed by atoms with Gasteiger partial charge < -0.3 is 18.8 Å². The van der Waals surface area contributed by atoms with Gasteiger partial charge in [0, 0.05) is 31.3 Å². The van der Waals surface area contributed by atoms with E-state index in [1.54, 1.807) is 35.5 Å². The van der Waals surface area contributed by atoms with Crippen molar-refractivity contribution in [3.8, 4) is 16.9 Å². The van der Waals surface area contributed by atoms with Crippen molar-refractivity contribution in [2.75, 3.05) is 13.1 Å². The van der Waals surface area contributed by atoms with Gasteiger partial charge in [-0.15, -0.1) is 0 Å². The van der Waals surface area contributed by atoms with E-state index in [2.05, 4.69) is 48.6 Å². The molecule has 1 atom stereocenters. The molecule has 57 heavy (non-hydrogen) atoms. The first kappa shape index (κ1) is 43.5. The largest absolute Gasteiger partial charge is 0.490 e. The molecule has 0 aliphatic heterocycles. The molecule has 4 aromatic rings. The average molecular weight is 815 g/mol. The van der Waals surface area contributed by atoms with E-state index in [1.807, 2.05) is 57.2 Å². The third kappa shape index (κ3) is 12.2. The van der Waals surface area contributed by atoms with Crippen molar-refractivity contribution in [3.63, 3.8) is 0 Å². The van der Waals surface area contributed by atoms with Gasteiger partial charge in [-0.2, -0.15) is 0 Å². The van der Waals surface area contributed by atoms with Crippen molar-refractivity contribution in [2.45, 2.75) is 121 Å². The van der Waals surface area contributed by atoms with Gasteiger partial charge in [-0.25, -0.2) is 17.9 Å². The standard InChI is InChI=1S/C44H58N4O7SSi/c1-43(2,3)54-42(50)48(31-40(35-14-12-25-45-29-35)55-57(7,8)44(4,5)6)27-24-32-18-20-33(21-19-32)34-22-23-38(39(28-34)53-36-15-10-9-11-16-36)41(49)47-56(51,52)37-17-13-26-46-30-37/h12-14,17-23,25-26,28-30,36,40H,9-11,15-16,24,27,31H2,1-8H3,(H,47,49)/t40-/m0/s1. The number of carbonyl (C=O) groups is 2. The summed E-state index contributed by atoms with van der Waals surface area (Å²) < 4.78 is 47.4. The summed E-state index contributed by atoms with van der Waals surface area (Å²) in [5.41, 5.74) is 3.10. The van der Waals surface area contributed by atoms with Crippen molar-refractivity contribution in [3.05, 3.63) is 108 Å². The number of rotatable bonds is 14. The van der Waals surface area contributed by atoms with Gasteiger partial charge in [-0.05, 0) is 124 Å². The number of hydrogen-bond acceptors (Lipinski definition) is 9. The molecular weight excluding hydrogens is 757 g/mol. The lowest BCUT2D eigenvalue weighted by Gasteiger charge is -2.40. The Balaban J connectivity index is 1.37. The van der Waals surface area contributed by atoms with E-state index in [1.165, 1.54) is 24.5 Å². The van der Waals surface area contributed by atoms with Crippen molar-refractivity contribution < 1.29 is 31.9 Å². The summed E-state index contributed by atoms with van der Waals surface area (Å²) in [6.45, 7) is 17.3. The summed E-state index contributed by atoms with van der Waals surface area (Å²) in [7, 11) is -6.39. The zero-order chi connectivity index (χ0) is 41.4. The van der Waals surface area contributed by atoms with Crippen molar-refractivity contribution in [2.24, 2.45) is 0 Å². The van der Waals surface area contributed by atoms with Crippen molar-refractivity contribution in [1.82, 2.24) is 19.6 Å². The lowest BCUT2D eigenvalue weighted by atomic mass is 9.97. The summed E-state index contributed by atoms with van der Waals surface area (Å²) in [6, 6.07) is 20.0. The molecule has 2 aromatic carbocycles. The second-order valence-corrected chi connectivity index (χ2v) is 23.7. The van der Waals surface area contributed by atoms with E-state index in [-0.39, 0.29) is 27.7 Å². The fourth-order valence-corrected chi connectivity index (χ4v) is 8.52. The first-order valence-corrected chi connectivity index (χ1v) is 24.1. The molecule has 0 spiro atoms. The number of amides is 2. The molecule has 306 valence electrons. The van der Waals surface area contributed by atoms with Crippen LogP contribution in [0.1, 0.15) is 101 Å². The minimum Gasteiger partial charge on any atom is -0.490 e. The number of hydrogen-bond donors (Lipinski definition) is 1. The lowest BCUT2D eigenvalue weighted by Crippen LogP contribution is -2.46. The van der Waals surface area contributed by atoms with Gasteiger partial charge >= 0.3 is 6.09 Å². The van der Waals surface area contributed by atoms with E-state index in [4.69, 9.17) is 13.9 Å². The van der Waals surface area contributed by atoms with Crippen molar-refractivity contribution in [1.29, 1.82) is 0 Å². The Morgan fingerprint density at radius 2 is 1.53 bits per heavy atom. The van der Waals surface area contributed by atoms with Gasteiger partial charge in [0.2, 0.25) is 0 Å². The highest BCUT2D eigenvalue weighted by molar-refractivity contribution is 7.90. The lowest BCUT2D eigenvalue weighted by molar-refractivity contribution is 0.0158. The molecule has 0 unspecified atom stereocenters. The number of nitrogens with one attached hydrogen (secondary N) is 1. The molecule has 5 rings (SSSR count). The van der Waals surface area contributed by atoms with Crippen LogP contribution < -0.4 is 9.46 Å². The summed E-state index contributed by atoms with van der Waals surface area (Å²) in [5, 5.41) is -0.0393. The summed E-state index contributed by atoms with van der Waals surface area (Å²) >= 11 is 0. The van der Waals surface area contributed by atoms with Gasteiger partial charge in [-0.1, -0.05) is 63.6 Å². The average Bonchev–Trinajstić information content (AvgIpc) is 3.16. The van der Waals surface area contributed by atoms with E-state index in [0.29, 0.717) is 25.3 Å². The molecule has 13 heteroatoms. The Bertz CT molecular complexity index is 2060. The van der Waals surface area contributed by atoms with Gasteiger partial charge in [-0.3, -0.25) is 14.8 Å². The number of aromatic nitrogens is 2. The summed E-state index contributed by atoms with van der Waals surface area (Å²) in [5.74, 6) is -0.444. The highest BCUT2D eigenvalue weighted by Crippen LogP contribution is 2.40. The van der Waals surface area contributed by atoms with Crippen LogP contribution >= 0.6 is 0 Å². The van der Waals surface area contributed by atoms with E-state index >= 15 is 0 Å². The SMILES string of the molecule is CC(C)(C)OC(=O)N(CCc1ccc(-c2ccc(C(=O)NS(=O)(=O)c3cccnc3)c(OC3CCCCC3)c2)cc1)C[C@H](O[Si](C)(C)C(C)(C)C)c1cccnc1. The molecule has 0 bridgehead atoms. The van der Waals surface area contributed by atoms with Crippen LogP contribution in [0.5, 0.6) is 5.75 Å². The quantitative estimate of drug-likeness (QED) is 0.123. The third-order valence-corrected chi connectivity index (χ3v) is 16.3. The summed E-state index contributed by atoms with van der Waals surface area (Å²) in [6.07, 6.45) is 10.8. The maximum Gasteiger partial charge on any atom is 0.410 e. The van der Waals surface area contributed by atoms with Crippen LogP contribution in [0.15, 0.2) is 96.4 Å². The topological polar surface area (TPSA) is 137 Å². The van der Waals surface area contributed by atoms with Gasteiger partial charge in [0.05, 0.1) is 24.3 Å². The molecule has 0 saturated heterocycles. The minimum atomic E-state index is -4.14. The van der Waals surface area contributed by atoms with Crippen LogP contribution in [-0.2, 0) is 25.6 Å². The van der Waals surface area contributed by atoms with E-state index < -0.39 is 35.9 Å².